The summed E-state index contributed by atoms with van der Waals surface area (Å²) in [6, 6.07) is 12.9. The molecule has 0 bridgehead atoms. The molecule has 0 unspecified atom stereocenters. The van der Waals surface area contributed by atoms with Gasteiger partial charge in [-0.25, -0.2) is 9.78 Å². The summed E-state index contributed by atoms with van der Waals surface area (Å²) in [6.07, 6.45) is -4.73. The van der Waals surface area contributed by atoms with Crippen LogP contribution in [0.5, 0.6) is 5.75 Å². The van der Waals surface area contributed by atoms with Gasteiger partial charge in [-0.2, -0.15) is 13.2 Å². The number of amides is 1. The highest BCUT2D eigenvalue weighted by Gasteiger charge is 2.33. The fraction of sp³-hybridized carbons (Fsp3) is 0.250. The number of hydrogen-bond acceptors (Lipinski definition) is 5. The standard InChI is InChI=1S/C24H21F3N4O4/c1-29(12-14-4-5-16-11-17(35-3)7-6-15(16)10-14)20(32)13-31-22(33)18-8-9-19(24(25,26)27)28-21(18)30(2)23(31)34/h4-11H,12-13H2,1-3H3. The zero-order chi connectivity index (χ0) is 25.5. The van der Waals surface area contributed by atoms with Crippen LogP contribution < -0.4 is 16.0 Å². The smallest absolute Gasteiger partial charge is 0.433 e. The molecule has 8 nitrogen and oxygen atoms in total. The van der Waals surface area contributed by atoms with Crippen LogP contribution in [0.1, 0.15) is 11.3 Å². The second-order valence-corrected chi connectivity index (χ2v) is 8.10. The van der Waals surface area contributed by atoms with E-state index in [0.717, 1.165) is 32.7 Å². The Kier molecular flexibility index (Phi) is 6.10. The van der Waals surface area contributed by atoms with E-state index in [1.54, 1.807) is 7.11 Å². The number of pyridine rings is 1. The Balaban J connectivity index is 1.60. The third-order valence-corrected chi connectivity index (χ3v) is 5.73. The van der Waals surface area contributed by atoms with Crippen molar-refractivity contribution in [1.82, 2.24) is 19.0 Å². The number of halogens is 3. The number of carbonyl (C=O) groups excluding carboxylic acids is 1. The van der Waals surface area contributed by atoms with Crippen molar-refractivity contribution < 1.29 is 22.7 Å². The van der Waals surface area contributed by atoms with Gasteiger partial charge in [0, 0.05) is 20.6 Å². The van der Waals surface area contributed by atoms with Crippen molar-refractivity contribution in [2.75, 3.05) is 14.2 Å². The number of likely N-dealkylation sites (N-methyl/N-ethyl adjacent to an activating group) is 1. The van der Waals surface area contributed by atoms with Gasteiger partial charge in [0.15, 0.2) is 0 Å². The quantitative estimate of drug-likeness (QED) is 0.433. The van der Waals surface area contributed by atoms with Gasteiger partial charge in [0.05, 0.1) is 12.5 Å². The Labute approximate surface area is 196 Å². The normalized spacial score (nSPS) is 11.7. The maximum Gasteiger partial charge on any atom is 0.433 e. The van der Waals surface area contributed by atoms with Gasteiger partial charge in [-0.3, -0.25) is 18.7 Å². The van der Waals surface area contributed by atoms with Gasteiger partial charge in [-0.1, -0.05) is 18.2 Å². The maximum atomic E-state index is 13.0. The third-order valence-electron chi connectivity index (χ3n) is 5.73. The summed E-state index contributed by atoms with van der Waals surface area (Å²) in [5, 5.41) is 1.73. The molecular formula is C24H21F3N4O4. The van der Waals surface area contributed by atoms with E-state index < -0.39 is 41.2 Å². The molecule has 2 aromatic carbocycles. The molecule has 1 amide bonds. The van der Waals surface area contributed by atoms with E-state index in [1.807, 2.05) is 36.4 Å². The SMILES string of the molecule is COc1ccc2cc(CN(C)C(=O)Cn3c(=O)c4ccc(C(F)(F)F)nc4n(C)c3=O)ccc2c1. The topological polar surface area (TPSA) is 86.4 Å². The first-order chi connectivity index (χ1) is 16.5. The molecule has 0 radical (unpaired) electrons. The molecule has 0 aliphatic carbocycles. The Hall–Kier alpha value is -4.15. The Morgan fingerprint density at radius 3 is 2.43 bits per heavy atom. The highest BCUT2D eigenvalue weighted by atomic mass is 19.4. The summed E-state index contributed by atoms with van der Waals surface area (Å²) in [4.78, 5) is 43.2. The molecule has 2 aromatic heterocycles. The highest BCUT2D eigenvalue weighted by Crippen LogP contribution is 2.28. The number of carbonyl (C=O) groups is 1. The first-order valence-electron chi connectivity index (χ1n) is 10.5. The van der Waals surface area contributed by atoms with E-state index in [9.17, 15) is 27.6 Å². The zero-order valence-electron chi connectivity index (χ0n) is 19.1. The van der Waals surface area contributed by atoms with E-state index in [4.69, 9.17) is 4.74 Å². The number of rotatable bonds is 5. The molecule has 11 heteroatoms. The summed E-state index contributed by atoms with van der Waals surface area (Å²) < 4.78 is 45.7. The van der Waals surface area contributed by atoms with Crippen LogP contribution in [-0.4, -0.2) is 39.1 Å². The van der Waals surface area contributed by atoms with Gasteiger partial charge in [0.25, 0.3) is 5.56 Å². The molecule has 2 heterocycles. The van der Waals surface area contributed by atoms with Crippen molar-refractivity contribution in [3.8, 4) is 5.75 Å². The van der Waals surface area contributed by atoms with Crippen molar-refractivity contribution in [2.45, 2.75) is 19.3 Å². The molecule has 182 valence electrons. The van der Waals surface area contributed by atoms with Crippen molar-refractivity contribution in [2.24, 2.45) is 7.05 Å². The average molecular weight is 486 g/mol. The van der Waals surface area contributed by atoms with Crippen molar-refractivity contribution in [3.63, 3.8) is 0 Å². The largest absolute Gasteiger partial charge is 0.497 e. The van der Waals surface area contributed by atoms with Gasteiger partial charge in [0.2, 0.25) is 5.91 Å². The van der Waals surface area contributed by atoms with Crippen LogP contribution in [0.3, 0.4) is 0 Å². The summed E-state index contributed by atoms with van der Waals surface area (Å²) in [5.74, 6) is 0.211. The molecule has 4 rings (SSSR count). The lowest BCUT2D eigenvalue weighted by Crippen LogP contribution is -2.43. The average Bonchev–Trinajstić information content (AvgIpc) is 2.83. The predicted molar refractivity (Wildman–Crippen MR) is 123 cm³/mol. The molecule has 0 aliphatic heterocycles. The Morgan fingerprint density at radius 1 is 1.06 bits per heavy atom. The lowest BCUT2D eigenvalue weighted by molar-refractivity contribution is -0.141. The Morgan fingerprint density at radius 2 is 1.74 bits per heavy atom. The lowest BCUT2D eigenvalue weighted by Gasteiger charge is -2.19. The van der Waals surface area contributed by atoms with Crippen LogP contribution in [0.25, 0.3) is 21.8 Å². The first-order valence-corrected chi connectivity index (χ1v) is 10.5. The molecule has 4 aromatic rings. The number of hydrogen-bond donors (Lipinski definition) is 0. The fourth-order valence-corrected chi connectivity index (χ4v) is 3.79. The number of ether oxygens (including phenoxy) is 1. The molecule has 0 spiro atoms. The van der Waals surface area contributed by atoms with Crippen molar-refractivity contribution in [1.29, 1.82) is 0 Å². The second-order valence-electron chi connectivity index (χ2n) is 8.10. The molecule has 0 fully saturated rings. The maximum absolute atomic E-state index is 13.0. The van der Waals surface area contributed by atoms with Crippen molar-refractivity contribution >= 4 is 27.7 Å². The molecule has 0 N–H and O–H groups in total. The number of fused-ring (bicyclic) bond motifs is 2. The van der Waals surface area contributed by atoms with Crippen LogP contribution in [0.15, 0.2) is 58.1 Å². The lowest BCUT2D eigenvalue weighted by atomic mass is 10.1. The molecule has 0 aliphatic rings. The number of benzene rings is 2. The van der Waals surface area contributed by atoms with Crippen LogP contribution in [-0.2, 0) is 31.1 Å². The van der Waals surface area contributed by atoms with Crippen molar-refractivity contribution in [3.05, 3.63) is 80.6 Å². The first kappa shape index (κ1) is 24.0. The van der Waals surface area contributed by atoms with Gasteiger partial charge in [-0.05, 0) is 46.7 Å². The minimum atomic E-state index is -4.73. The number of methoxy groups -OCH3 is 1. The van der Waals surface area contributed by atoms with Crippen LogP contribution in [0.2, 0.25) is 0 Å². The van der Waals surface area contributed by atoms with Gasteiger partial charge >= 0.3 is 11.9 Å². The minimum Gasteiger partial charge on any atom is -0.497 e. The second kappa shape index (κ2) is 8.90. The van der Waals surface area contributed by atoms with E-state index in [2.05, 4.69) is 4.98 Å². The van der Waals surface area contributed by atoms with Gasteiger partial charge in [-0.15, -0.1) is 0 Å². The minimum absolute atomic E-state index is 0.194. The van der Waals surface area contributed by atoms with E-state index in [-0.39, 0.29) is 11.9 Å². The zero-order valence-corrected chi connectivity index (χ0v) is 19.1. The van der Waals surface area contributed by atoms with Crippen LogP contribution in [0, 0.1) is 0 Å². The highest BCUT2D eigenvalue weighted by molar-refractivity contribution is 5.84. The van der Waals surface area contributed by atoms with E-state index in [1.165, 1.54) is 19.0 Å². The molecule has 0 saturated carbocycles. The fourth-order valence-electron chi connectivity index (χ4n) is 3.79. The van der Waals surface area contributed by atoms with E-state index >= 15 is 0 Å². The molecule has 0 atom stereocenters. The molecule has 35 heavy (non-hydrogen) atoms. The monoisotopic (exact) mass is 486 g/mol. The van der Waals surface area contributed by atoms with E-state index in [0.29, 0.717) is 10.6 Å². The third kappa shape index (κ3) is 4.61. The molecular weight excluding hydrogens is 465 g/mol. The summed E-state index contributed by atoms with van der Waals surface area (Å²) in [7, 11) is 4.32. The van der Waals surface area contributed by atoms with Crippen LogP contribution >= 0.6 is 0 Å². The van der Waals surface area contributed by atoms with Crippen LogP contribution in [0.4, 0.5) is 13.2 Å². The summed E-state index contributed by atoms with van der Waals surface area (Å²) in [6.45, 7) is -0.344. The number of aromatic nitrogens is 3. The van der Waals surface area contributed by atoms with Gasteiger partial charge < -0.3 is 9.64 Å². The summed E-state index contributed by atoms with van der Waals surface area (Å²) >= 11 is 0. The van der Waals surface area contributed by atoms with Gasteiger partial charge in [0.1, 0.15) is 23.6 Å². The number of nitrogens with zero attached hydrogens (tertiary/aromatic N) is 4. The Bertz CT molecular complexity index is 1570. The predicted octanol–water partition coefficient (Wildman–Crippen LogP) is 2.93. The number of aryl methyl sites for hydroxylation is 1. The molecule has 0 saturated heterocycles. The summed E-state index contributed by atoms with van der Waals surface area (Å²) in [5.41, 5.74) is -2.61. The number of alkyl halides is 3.